The van der Waals surface area contributed by atoms with Crippen molar-refractivity contribution in [3.63, 3.8) is 0 Å². The summed E-state index contributed by atoms with van der Waals surface area (Å²) in [5, 5.41) is 0. The van der Waals surface area contributed by atoms with Crippen LogP contribution >= 0.6 is 15.9 Å². The molecule has 5 heteroatoms. The van der Waals surface area contributed by atoms with Gasteiger partial charge in [0.2, 0.25) is 0 Å². The number of rotatable bonds is 3. The van der Waals surface area contributed by atoms with Gasteiger partial charge in [-0.05, 0) is 18.8 Å². The molecule has 2 unspecified atom stereocenters. The number of ether oxygens (including phenoxy) is 1. The Morgan fingerprint density at radius 3 is 2.77 bits per heavy atom. The van der Waals surface area contributed by atoms with Crippen LogP contribution in [0.25, 0.3) is 0 Å². The lowest BCUT2D eigenvalue weighted by Crippen LogP contribution is -2.29. The molecule has 1 fully saturated rings. The molecule has 0 aromatic rings. The van der Waals surface area contributed by atoms with Gasteiger partial charge in [-0.2, -0.15) is 0 Å². The number of halogens is 1. The maximum Gasteiger partial charge on any atom is 0.147 e. The van der Waals surface area contributed by atoms with Gasteiger partial charge in [0, 0.05) is 17.7 Å². The summed E-state index contributed by atoms with van der Waals surface area (Å²) in [4.78, 5) is 0.419. The maximum absolute atomic E-state index is 10.9. The van der Waals surface area contributed by atoms with Gasteiger partial charge in [-0.1, -0.05) is 15.9 Å². The Bertz CT molecular complexity index is 250. The molecule has 0 spiro atoms. The molecule has 1 rings (SSSR count). The summed E-state index contributed by atoms with van der Waals surface area (Å²) in [7, 11) is -2.82. The summed E-state index contributed by atoms with van der Waals surface area (Å²) in [5.41, 5.74) is 0. The average molecular weight is 271 g/mol. The van der Waals surface area contributed by atoms with Crippen LogP contribution in [0.1, 0.15) is 12.8 Å². The van der Waals surface area contributed by atoms with Crippen molar-refractivity contribution in [2.75, 3.05) is 25.2 Å². The third-order valence-electron chi connectivity index (χ3n) is 2.24. The number of sulfone groups is 1. The smallest absolute Gasteiger partial charge is 0.147 e. The zero-order valence-electron chi connectivity index (χ0n) is 7.70. The highest BCUT2D eigenvalue weighted by atomic mass is 79.9. The van der Waals surface area contributed by atoms with Crippen LogP contribution in [-0.4, -0.2) is 38.5 Å². The lowest BCUT2D eigenvalue weighted by atomic mass is 10.00. The lowest BCUT2D eigenvalue weighted by Gasteiger charge is -2.27. The van der Waals surface area contributed by atoms with Crippen molar-refractivity contribution in [2.45, 2.75) is 17.7 Å². The Balaban J connectivity index is 2.35. The first-order valence-electron chi connectivity index (χ1n) is 4.38. The fourth-order valence-corrected chi connectivity index (χ4v) is 2.74. The fourth-order valence-electron chi connectivity index (χ4n) is 1.40. The molecule has 0 amide bonds. The minimum atomic E-state index is -2.82. The monoisotopic (exact) mass is 270 g/mol. The molecule has 78 valence electrons. The SMILES string of the molecule is CS(=O)(=O)CCC1COCCC1Br. The molecule has 0 aromatic heterocycles. The van der Waals surface area contributed by atoms with E-state index in [0.29, 0.717) is 23.8 Å². The van der Waals surface area contributed by atoms with Crippen molar-refractivity contribution in [1.82, 2.24) is 0 Å². The first-order valence-corrected chi connectivity index (χ1v) is 7.36. The molecule has 1 saturated heterocycles. The first kappa shape index (κ1) is 11.5. The molecule has 3 nitrogen and oxygen atoms in total. The van der Waals surface area contributed by atoms with Crippen molar-refractivity contribution < 1.29 is 13.2 Å². The molecule has 2 atom stereocenters. The predicted molar refractivity (Wildman–Crippen MR) is 56.0 cm³/mol. The normalized spacial score (nSPS) is 30.3. The van der Waals surface area contributed by atoms with Crippen LogP contribution in [0.3, 0.4) is 0 Å². The third-order valence-corrected chi connectivity index (χ3v) is 4.42. The van der Waals surface area contributed by atoms with E-state index in [0.717, 1.165) is 13.0 Å². The number of hydrogen-bond donors (Lipinski definition) is 0. The van der Waals surface area contributed by atoms with Gasteiger partial charge >= 0.3 is 0 Å². The second kappa shape index (κ2) is 4.75. The van der Waals surface area contributed by atoms with E-state index in [1.165, 1.54) is 6.26 Å². The Labute approximate surface area is 87.9 Å². The van der Waals surface area contributed by atoms with Gasteiger partial charge in [-0.25, -0.2) is 8.42 Å². The van der Waals surface area contributed by atoms with Crippen molar-refractivity contribution in [1.29, 1.82) is 0 Å². The van der Waals surface area contributed by atoms with Gasteiger partial charge < -0.3 is 4.74 Å². The molecule has 0 saturated carbocycles. The van der Waals surface area contributed by atoms with Gasteiger partial charge in [-0.15, -0.1) is 0 Å². The molecule has 1 heterocycles. The Morgan fingerprint density at radius 1 is 1.54 bits per heavy atom. The summed E-state index contributed by atoms with van der Waals surface area (Å²) in [5.74, 6) is 0.617. The highest BCUT2D eigenvalue weighted by Crippen LogP contribution is 2.25. The van der Waals surface area contributed by atoms with E-state index in [4.69, 9.17) is 4.74 Å². The quantitative estimate of drug-likeness (QED) is 0.725. The van der Waals surface area contributed by atoms with E-state index < -0.39 is 9.84 Å². The van der Waals surface area contributed by atoms with Crippen LogP contribution in [0.5, 0.6) is 0 Å². The van der Waals surface area contributed by atoms with Crippen LogP contribution in [0.15, 0.2) is 0 Å². The van der Waals surface area contributed by atoms with Crippen LogP contribution < -0.4 is 0 Å². The topological polar surface area (TPSA) is 43.4 Å². The van der Waals surface area contributed by atoms with Gasteiger partial charge in [0.15, 0.2) is 0 Å². The minimum absolute atomic E-state index is 0.267. The molecular formula is C8H15BrO3S. The fraction of sp³-hybridized carbons (Fsp3) is 1.00. The van der Waals surface area contributed by atoms with Gasteiger partial charge in [0.25, 0.3) is 0 Å². The van der Waals surface area contributed by atoms with Gasteiger partial charge in [0.05, 0.1) is 12.4 Å². The van der Waals surface area contributed by atoms with Gasteiger partial charge in [-0.3, -0.25) is 0 Å². The Kier molecular flexibility index (Phi) is 4.19. The van der Waals surface area contributed by atoms with Crippen molar-refractivity contribution in [3.05, 3.63) is 0 Å². The summed E-state index contributed by atoms with van der Waals surface area (Å²) in [6.07, 6.45) is 2.96. The average Bonchev–Trinajstić information content (AvgIpc) is 2.01. The molecule has 13 heavy (non-hydrogen) atoms. The van der Waals surface area contributed by atoms with Crippen LogP contribution in [-0.2, 0) is 14.6 Å². The van der Waals surface area contributed by atoms with Crippen molar-refractivity contribution >= 4 is 25.8 Å². The molecule has 1 aliphatic heterocycles. The van der Waals surface area contributed by atoms with Crippen molar-refractivity contribution in [3.8, 4) is 0 Å². The molecule has 0 N–H and O–H groups in total. The first-order chi connectivity index (χ1) is 5.99. The highest BCUT2D eigenvalue weighted by Gasteiger charge is 2.24. The standard InChI is InChI=1S/C8H15BrO3S/c1-13(10,11)5-3-7-6-12-4-2-8(7)9/h7-8H,2-6H2,1H3. The van der Waals surface area contributed by atoms with E-state index in [-0.39, 0.29) is 5.75 Å². The second-order valence-corrected chi connectivity index (χ2v) is 6.99. The minimum Gasteiger partial charge on any atom is -0.381 e. The zero-order valence-corrected chi connectivity index (χ0v) is 10.1. The predicted octanol–water partition coefficient (Wildman–Crippen LogP) is 1.22. The summed E-state index contributed by atoms with van der Waals surface area (Å²) < 4.78 is 27.1. The molecule has 1 aliphatic rings. The highest BCUT2D eigenvalue weighted by molar-refractivity contribution is 9.09. The van der Waals surface area contributed by atoms with Crippen LogP contribution in [0.2, 0.25) is 0 Å². The number of hydrogen-bond acceptors (Lipinski definition) is 3. The Morgan fingerprint density at radius 2 is 2.23 bits per heavy atom. The lowest BCUT2D eigenvalue weighted by molar-refractivity contribution is 0.0594. The molecule has 0 aromatic carbocycles. The second-order valence-electron chi connectivity index (χ2n) is 3.56. The van der Waals surface area contributed by atoms with Crippen molar-refractivity contribution in [2.24, 2.45) is 5.92 Å². The van der Waals surface area contributed by atoms with E-state index in [9.17, 15) is 8.42 Å². The number of alkyl halides is 1. The largest absolute Gasteiger partial charge is 0.381 e. The third kappa shape index (κ3) is 4.42. The molecule has 0 bridgehead atoms. The summed E-state index contributed by atoms with van der Waals surface area (Å²) >= 11 is 3.55. The summed E-state index contributed by atoms with van der Waals surface area (Å²) in [6.45, 7) is 1.47. The van der Waals surface area contributed by atoms with Crippen LogP contribution in [0.4, 0.5) is 0 Å². The van der Waals surface area contributed by atoms with E-state index in [1.807, 2.05) is 0 Å². The zero-order chi connectivity index (χ0) is 9.90. The van der Waals surface area contributed by atoms with Crippen LogP contribution in [0, 0.1) is 5.92 Å². The molecule has 0 radical (unpaired) electrons. The van der Waals surface area contributed by atoms with E-state index in [1.54, 1.807) is 0 Å². The molecular weight excluding hydrogens is 256 g/mol. The summed E-state index contributed by atoms with van der Waals surface area (Å²) in [6, 6.07) is 0. The van der Waals surface area contributed by atoms with E-state index in [2.05, 4.69) is 15.9 Å². The molecule has 0 aliphatic carbocycles. The Hall–Kier alpha value is 0.390. The van der Waals surface area contributed by atoms with E-state index >= 15 is 0 Å². The maximum atomic E-state index is 10.9. The van der Waals surface area contributed by atoms with Gasteiger partial charge in [0.1, 0.15) is 9.84 Å².